The second-order valence-electron chi connectivity index (χ2n) is 3.68. The first-order valence-electron chi connectivity index (χ1n) is 4.00. The van der Waals surface area contributed by atoms with Crippen molar-refractivity contribution in [2.24, 2.45) is 11.8 Å². The van der Waals surface area contributed by atoms with E-state index in [0.717, 1.165) is 0 Å². The fraction of sp³-hybridized carbons (Fsp3) is 0.889. The number of hydrogen-bond donors (Lipinski definition) is 0. The van der Waals surface area contributed by atoms with Crippen molar-refractivity contribution in [1.82, 2.24) is 0 Å². The average Bonchev–Trinajstić information content (AvgIpc) is 1.87. The van der Waals surface area contributed by atoms with Gasteiger partial charge in [0, 0.05) is 0 Å². The van der Waals surface area contributed by atoms with Gasteiger partial charge < -0.3 is 4.74 Å². The third-order valence-corrected chi connectivity index (χ3v) is 2.55. The molecule has 0 spiro atoms. The van der Waals surface area contributed by atoms with Crippen molar-refractivity contribution in [2.75, 3.05) is 0 Å². The normalized spacial score (nSPS) is 12.3. The summed E-state index contributed by atoms with van der Waals surface area (Å²) >= 11 is 0. The summed E-state index contributed by atoms with van der Waals surface area (Å²) in [6.07, 6.45) is 0. The monoisotopic (exact) mass is 157 g/mol. The molecule has 0 aliphatic rings. The minimum atomic E-state index is -0.373. The third-order valence-electron chi connectivity index (χ3n) is 2.55. The van der Waals surface area contributed by atoms with Crippen molar-refractivity contribution in [3.8, 4) is 0 Å². The van der Waals surface area contributed by atoms with E-state index >= 15 is 0 Å². The standard InChI is InChI=1S/C9H17O2/c1-7(2)9(5,8(3)4)11-6-10/h7-8H,1-5H3. The summed E-state index contributed by atoms with van der Waals surface area (Å²) in [7, 11) is 0. The van der Waals surface area contributed by atoms with E-state index in [0.29, 0.717) is 11.8 Å². The molecular formula is C9H17O2. The zero-order chi connectivity index (χ0) is 9.07. The molecule has 0 amide bonds. The molecule has 0 aromatic heterocycles. The Labute approximate surface area is 68.9 Å². The number of ether oxygens (including phenoxy) is 1. The fourth-order valence-corrected chi connectivity index (χ4v) is 0.992. The molecule has 65 valence electrons. The van der Waals surface area contributed by atoms with Gasteiger partial charge in [-0.15, -0.1) is 0 Å². The first kappa shape index (κ1) is 10.5. The van der Waals surface area contributed by atoms with Crippen LogP contribution in [-0.2, 0) is 9.53 Å². The maximum atomic E-state index is 10.1. The van der Waals surface area contributed by atoms with Crippen LogP contribution < -0.4 is 0 Å². The molecule has 0 bridgehead atoms. The number of hydrogen-bond acceptors (Lipinski definition) is 2. The van der Waals surface area contributed by atoms with Gasteiger partial charge >= 0.3 is 6.47 Å². The van der Waals surface area contributed by atoms with Crippen LogP contribution in [0.15, 0.2) is 0 Å². The molecule has 0 N–H and O–H groups in total. The molecule has 0 aliphatic carbocycles. The van der Waals surface area contributed by atoms with Crippen LogP contribution in [0.1, 0.15) is 34.6 Å². The lowest BCUT2D eigenvalue weighted by atomic mass is 9.82. The Bertz CT molecular complexity index is 120. The van der Waals surface area contributed by atoms with Gasteiger partial charge in [0.05, 0.1) is 0 Å². The number of carbonyl (C=O) groups excluding carboxylic acids is 1. The predicted octanol–water partition coefficient (Wildman–Crippen LogP) is 2.14. The van der Waals surface area contributed by atoms with E-state index < -0.39 is 0 Å². The molecule has 1 radical (unpaired) electrons. The van der Waals surface area contributed by atoms with Crippen molar-refractivity contribution in [3.63, 3.8) is 0 Å². The Kier molecular flexibility index (Phi) is 3.56. The Morgan fingerprint density at radius 3 is 1.64 bits per heavy atom. The minimum Gasteiger partial charge on any atom is -0.450 e. The first-order chi connectivity index (χ1) is 4.95. The van der Waals surface area contributed by atoms with Gasteiger partial charge in [0.15, 0.2) is 0 Å². The molecule has 2 heteroatoms. The summed E-state index contributed by atoms with van der Waals surface area (Å²) in [6, 6.07) is 0. The third kappa shape index (κ3) is 2.21. The summed E-state index contributed by atoms with van der Waals surface area (Å²) in [6.45, 7) is 11.6. The van der Waals surface area contributed by atoms with Crippen LogP contribution >= 0.6 is 0 Å². The second kappa shape index (κ2) is 3.74. The fourth-order valence-electron chi connectivity index (χ4n) is 0.992. The van der Waals surface area contributed by atoms with Gasteiger partial charge in [-0.05, 0) is 18.8 Å². The molecule has 0 aromatic rings. The smallest absolute Gasteiger partial charge is 0.418 e. The van der Waals surface area contributed by atoms with E-state index in [2.05, 4.69) is 0 Å². The zero-order valence-corrected chi connectivity index (χ0v) is 7.97. The lowest BCUT2D eigenvalue weighted by Crippen LogP contribution is -2.40. The van der Waals surface area contributed by atoms with Gasteiger partial charge in [-0.2, -0.15) is 0 Å². The van der Waals surface area contributed by atoms with Crippen LogP contribution in [0, 0.1) is 11.8 Å². The largest absolute Gasteiger partial charge is 0.450 e. The van der Waals surface area contributed by atoms with E-state index in [1.807, 2.05) is 34.6 Å². The molecule has 0 aliphatic heterocycles. The van der Waals surface area contributed by atoms with E-state index in [9.17, 15) is 4.79 Å². The summed E-state index contributed by atoms with van der Waals surface area (Å²) in [5, 5.41) is 0. The van der Waals surface area contributed by atoms with Crippen molar-refractivity contribution < 1.29 is 9.53 Å². The molecule has 0 heterocycles. The summed E-state index contributed by atoms with van der Waals surface area (Å²) < 4.78 is 4.95. The topological polar surface area (TPSA) is 26.3 Å². The molecule has 11 heavy (non-hydrogen) atoms. The maximum Gasteiger partial charge on any atom is 0.418 e. The van der Waals surface area contributed by atoms with Crippen LogP contribution in [0.3, 0.4) is 0 Å². The lowest BCUT2D eigenvalue weighted by molar-refractivity contribution is -0.0173. The molecule has 0 aromatic carbocycles. The predicted molar refractivity (Wildman–Crippen MR) is 44.9 cm³/mol. The SMILES string of the molecule is CC(C)C(C)(O[C]=O)C(C)C. The van der Waals surface area contributed by atoms with Crippen molar-refractivity contribution in [1.29, 1.82) is 0 Å². The van der Waals surface area contributed by atoms with Crippen molar-refractivity contribution >= 4 is 6.47 Å². The second-order valence-corrected chi connectivity index (χ2v) is 3.68. The Morgan fingerprint density at radius 2 is 1.55 bits per heavy atom. The average molecular weight is 157 g/mol. The van der Waals surface area contributed by atoms with Crippen LogP contribution in [0.5, 0.6) is 0 Å². The molecular weight excluding hydrogens is 140 g/mol. The molecule has 0 rings (SSSR count). The van der Waals surface area contributed by atoms with Gasteiger partial charge in [0.25, 0.3) is 0 Å². The molecule has 0 saturated carbocycles. The van der Waals surface area contributed by atoms with E-state index in [1.165, 1.54) is 6.47 Å². The Balaban J connectivity index is 4.37. The highest BCUT2D eigenvalue weighted by atomic mass is 16.5. The van der Waals surface area contributed by atoms with Gasteiger partial charge in [0.1, 0.15) is 5.60 Å². The molecule has 2 nitrogen and oxygen atoms in total. The highest BCUT2D eigenvalue weighted by Crippen LogP contribution is 2.28. The molecule has 0 unspecified atom stereocenters. The van der Waals surface area contributed by atoms with Crippen LogP contribution in [0.25, 0.3) is 0 Å². The van der Waals surface area contributed by atoms with Crippen LogP contribution in [0.2, 0.25) is 0 Å². The van der Waals surface area contributed by atoms with E-state index in [-0.39, 0.29) is 5.60 Å². The Morgan fingerprint density at radius 1 is 1.18 bits per heavy atom. The Hall–Kier alpha value is -0.530. The van der Waals surface area contributed by atoms with Gasteiger partial charge in [-0.3, -0.25) is 0 Å². The zero-order valence-electron chi connectivity index (χ0n) is 7.97. The highest BCUT2D eigenvalue weighted by molar-refractivity contribution is 5.39. The molecule has 0 saturated heterocycles. The van der Waals surface area contributed by atoms with Gasteiger partial charge in [0.2, 0.25) is 0 Å². The minimum absolute atomic E-state index is 0.323. The summed E-state index contributed by atoms with van der Waals surface area (Å²) in [5.74, 6) is 0.646. The van der Waals surface area contributed by atoms with Crippen LogP contribution in [-0.4, -0.2) is 12.1 Å². The van der Waals surface area contributed by atoms with Gasteiger partial charge in [-0.1, -0.05) is 27.7 Å². The highest BCUT2D eigenvalue weighted by Gasteiger charge is 2.33. The quantitative estimate of drug-likeness (QED) is 0.625. The van der Waals surface area contributed by atoms with Crippen molar-refractivity contribution in [2.45, 2.75) is 40.2 Å². The molecule has 0 fully saturated rings. The van der Waals surface area contributed by atoms with E-state index in [4.69, 9.17) is 4.74 Å². The van der Waals surface area contributed by atoms with Gasteiger partial charge in [-0.25, -0.2) is 4.79 Å². The molecule has 0 atom stereocenters. The maximum absolute atomic E-state index is 10.1. The van der Waals surface area contributed by atoms with Crippen molar-refractivity contribution in [3.05, 3.63) is 0 Å². The summed E-state index contributed by atoms with van der Waals surface area (Å²) in [4.78, 5) is 10.1. The van der Waals surface area contributed by atoms with E-state index in [1.54, 1.807) is 0 Å². The number of rotatable bonds is 4. The first-order valence-corrected chi connectivity index (χ1v) is 4.00. The lowest BCUT2D eigenvalue weighted by Gasteiger charge is -2.35. The summed E-state index contributed by atoms with van der Waals surface area (Å²) in [5.41, 5.74) is -0.373. The van der Waals surface area contributed by atoms with Crippen LogP contribution in [0.4, 0.5) is 0 Å².